The molecule has 1 aliphatic carbocycles. The zero-order valence-corrected chi connectivity index (χ0v) is 11.8. The van der Waals surface area contributed by atoms with Gasteiger partial charge in [0.2, 0.25) is 0 Å². The zero-order valence-electron chi connectivity index (χ0n) is 10.3. The number of anilines is 1. The first-order valence-corrected chi connectivity index (χ1v) is 6.92. The van der Waals surface area contributed by atoms with E-state index in [1.807, 2.05) is 13.0 Å². The van der Waals surface area contributed by atoms with Gasteiger partial charge in [-0.05, 0) is 44.2 Å². The molecule has 1 aromatic heterocycles. The second kappa shape index (κ2) is 5.45. The standard InChI is InChI=1S/C13H18Cl2N2/c1-8-7-11(14)17-13(15)12(8)16-9(2)10-5-3-4-6-10/h7,9-10,16H,3-6H2,1-2H3. The minimum absolute atomic E-state index is 0.441. The van der Waals surface area contributed by atoms with Gasteiger partial charge in [-0.25, -0.2) is 4.98 Å². The topological polar surface area (TPSA) is 24.9 Å². The van der Waals surface area contributed by atoms with Crippen molar-refractivity contribution in [1.82, 2.24) is 4.98 Å². The highest BCUT2D eigenvalue weighted by molar-refractivity contribution is 6.34. The predicted octanol–water partition coefficient (Wildman–Crippen LogP) is 4.69. The molecule has 1 atom stereocenters. The van der Waals surface area contributed by atoms with Gasteiger partial charge in [0.1, 0.15) is 5.15 Å². The Morgan fingerprint density at radius 3 is 2.59 bits per heavy atom. The third-order valence-corrected chi connectivity index (χ3v) is 4.09. The lowest BCUT2D eigenvalue weighted by Gasteiger charge is -2.23. The highest BCUT2D eigenvalue weighted by atomic mass is 35.5. The molecule has 1 N–H and O–H groups in total. The van der Waals surface area contributed by atoms with Gasteiger partial charge in [-0.3, -0.25) is 0 Å². The van der Waals surface area contributed by atoms with Crippen molar-refractivity contribution in [3.63, 3.8) is 0 Å². The van der Waals surface area contributed by atoms with Gasteiger partial charge in [0.05, 0.1) is 5.69 Å². The van der Waals surface area contributed by atoms with Gasteiger partial charge in [-0.1, -0.05) is 36.0 Å². The lowest BCUT2D eigenvalue weighted by Crippen LogP contribution is -2.24. The van der Waals surface area contributed by atoms with Gasteiger partial charge in [-0.2, -0.15) is 0 Å². The van der Waals surface area contributed by atoms with Crippen molar-refractivity contribution in [3.05, 3.63) is 21.9 Å². The van der Waals surface area contributed by atoms with Crippen LogP contribution in [0.2, 0.25) is 10.3 Å². The Kier molecular flexibility index (Phi) is 4.16. The van der Waals surface area contributed by atoms with Crippen molar-refractivity contribution in [1.29, 1.82) is 0 Å². The SMILES string of the molecule is Cc1cc(Cl)nc(Cl)c1NC(C)C1CCCC1. The van der Waals surface area contributed by atoms with Gasteiger partial charge >= 0.3 is 0 Å². The largest absolute Gasteiger partial charge is 0.380 e. The van der Waals surface area contributed by atoms with Crippen molar-refractivity contribution in [3.8, 4) is 0 Å². The summed E-state index contributed by atoms with van der Waals surface area (Å²) in [5.41, 5.74) is 1.98. The third-order valence-electron chi connectivity index (χ3n) is 3.62. The van der Waals surface area contributed by atoms with E-state index in [9.17, 15) is 0 Å². The average molecular weight is 273 g/mol. The first-order chi connectivity index (χ1) is 8.08. The second-order valence-corrected chi connectivity index (χ2v) is 5.65. The summed E-state index contributed by atoms with van der Waals surface area (Å²) in [6.45, 7) is 4.23. The van der Waals surface area contributed by atoms with E-state index in [1.54, 1.807) is 0 Å². The summed E-state index contributed by atoms with van der Waals surface area (Å²) in [5.74, 6) is 0.751. The molecule has 1 unspecified atom stereocenters. The number of rotatable bonds is 3. The molecule has 1 fully saturated rings. The van der Waals surface area contributed by atoms with Gasteiger partial charge in [0, 0.05) is 6.04 Å². The summed E-state index contributed by atoms with van der Waals surface area (Å²) in [6, 6.07) is 2.29. The molecule has 0 saturated heterocycles. The monoisotopic (exact) mass is 272 g/mol. The van der Waals surface area contributed by atoms with E-state index in [0.29, 0.717) is 16.3 Å². The van der Waals surface area contributed by atoms with Crippen LogP contribution in [0.25, 0.3) is 0 Å². The third kappa shape index (κ3) is 3.05. The summed E-state index contributed by atoms with van der Waals surface area (Å²) >= 11 is 12.0. The van der Waals surface area contributed by atoms with E-state index in [1.165, 1.54) is 25.7 Å². The molecular formula is C13H18Cl2N2. The van der Waals surface area contributed by atoms with Crippen LogP contribution in [0.4, 0.5) is 5.69 Å². The summed E-state index contributed by atoms with van der Waals surface area (Å²) in [6.07, 6.45) is 5.32. The van der Waals surface area contributed by atoms with Crippen LogP contribution in [0, 0.1) is 12.8 Å². The molecule has 0 amide bonds. The van der Waals surface area contributed by atoms with E-state index < -0.39 is 0 Å². The number of aryl methyl sites for hydroxylation is 1. The number of nitrogens with zero attached hydrogens (tertiary/aromatic N) is 1. The van der Waals surface area contributed by atoms with Crippen molar-refractivity contribution in [2.75, 3.05) is 5.32 Å². The highest BCUT2D eigenvalue weighted by Crippen LogP contribution is 2.32. The number of halogens is 2. The molecule has 0 aromatic carbocycles. The molecule has 0 spiro atoms. The Bertz CT molecular complexity index is 377. The maximum Gasteiger partial charge on any atom is 0.154 e. The quantitative estimate of drug-likeness (QED) is 0.808. The van der Waals surface area contributed by atoms with Crippen molar-refractivity contribution >= 4 is 28.9 Å². The van der Waals surface area contributed by atoms with Gasteiger partial charge in [-0.15, -0.1) is 0 Å². The summed E-state index contributed by atoms with van der Waals surface area (Å²) < 4.78 is 0. The molecule has 1 heterocycles. The predicted molar refractivity (Wildman–Crippen MR) is 74.0 cm³/mol. The zero-order chi connectivity index (χ0) is 12.4. The van der Waals surface area contributed by atoms with Crippen LogP contribution in [0.15, 0.2) is 6.07 Å². The second-order valence-electron chi connectivity index (χ2n) is 4.91. The first-order valence-electron chi connectivity index (χ1n) is 6.17. The fourth-order valence-corrected chi connectivity index (χ4v) is 3.16. The van der Waals surface area contributed by atoms with E-state index in [2.05, 4.69) is 17.2 Å². The van der Waals surface area contributed by atoms with E-state index in [-0.39, 0.29) is 0 Å². The average Bonchev–Trinajstić information content (AvgIpc) is 2.76. The normalized spacial score (nSPS) is 18.4. The molecule has 94 valence electrons. The van der Waals surface area contributed by atoms with Crippen LogP contribution in [0.1, 0.15) is 38.2 Å². The van der Waals surface area contributed by atoms with Gasteiger partial charge < -0.3 is 5.32 Å². The molecule has 17 heavy (non-hydrogen) atoms. The molecule has 4 heteroatoms. The van der Waals surface area contributed by atoms with E-state index >= 15 is 0 Å². The molecule has 1 aromatic rings. The van der Waals surface area contributed by atoms with Crippen LogP contribution in [-0.4, -0.2) is 11.0 Å². The van der Waals surface area contributed by atoms with Gasteiger partial charge in [0.15, 0.2) is 5.15 Å². The van der Waals surface area contributed by atoms with Crippen LogP contribution < -0.4 is 5.32 Å². The van der Waals surface area contributed by atoms with E-state index in [4.69, 9.17) is 23.2 Å². The number of nitrogens with one attached hydrogen (secondary N) is 1. The minimum Gasteiger partial charge on any atom is -0.380 e. The molecule has 0 aliphatic heterocycles. The van der Waals surface area contributed by atoms with Crippen molar-refractivity contribution < 1.29 is 0 Å². The van der Waals surface area contributed by atoms with Gasteiger partial charge in [0.25, 0.3) is 0 Å². The van der Waals surface area contributed by atoms with Crippen LogP contribution in [0.3, 0.4) is 0 Å². The Morgan fingerprint density at radius 1 is 1.35 bits per heavy atom. The molecule has 2 nitrogen and oxygen atoms in total. The minimum atomic E-state index is 0.441. The highest BCUT2D eigenvalue weighted by Gasteiger charge is 2.22. The summed E-state index contributed by atoms with van der Waals surface area (Å²) in [4.78, 5) is 4.08. The van der Waals surface area contributed by atoms with Crippen LogP contribution >= 0.6 is 23.2 Å². The fraction of sp³-hybridized carbons (Fsp3) is 0.615. The Morgan fingerprint density at radius 2 is 2.00 bits per heavy atom. The molecule has 0 radical (unpaired) electrons. The molecule has 1 saturated carbocycles. The van der Waals surface area contributed by atoms with Crippen LogP contribution in [-0.2, 0) is 0 Å². The Labute approximate surface area is 113 Å². The number of hydrogen-bond donors (Lipinski definition) is 1. The first kappa shape index (κ1) is 13.0. The Balaban J connectivity index is 2.12. The number of aromatic nitrogens is 1. The lowest BCUT2D eigenvalue weighted by molar-refractivity contribution is 0.482. The number of pyridine rings is 1. The lowest BCUT2D eigenvalue weighted by atomic mass is 9.99. The smallest absolute Gasteiger partial charge is 0.154 e. The summed E-state index contributed by atoms with van der Waals surface area (Å²) in [5, 5.41) is 4.42. The molecular weight excluding hydrogens is 255 g/mol. The molecule has 0 bridgehead atoms. The molecule has 1 aliphatic rings. The summed E-state index contributed by atoms with van der Waals surface area (Å²) in [7, 11) is 0. The fourth-order valence-electron chi connectivity index (χ4n) is 2.57. The van der Waals surface area contributed by atoms with Crippen LogP contribution in [0.5, 0.6) is 0 Å². The van der Waals surface area contributed by atoms with E-state index in [0.717, 1.165) is 17.2 Å². The van der Waals surface area contributed by atoms with Crippen molar-refractivity contribution in [2.45, 2.75) is 45.6 Å². The number of hydrogen-bond acceptors (Lipinski definition) is 2. The maximum atomic E-state index is 6.13. The molecule has 2 rings (SSSR count). The maximum absolute atomic E-state index is 6.13. The Hall–Kier alpha value is -0.470. The van der Waals surface area contributed by atoms with Crippen molar-refractivity contribution in [2.24, 2.45) is 5.92 Å².